The number of urea groups is 1. The smallest absolute Gasteiger partial charge is 0.325 e. The van der Waals surface area contributed by atoms with Crippen molar-refractivity contribution < 1.29 is 23.1 Å². The fourth-order valence-corrected chi connectivity index (χ4v) is 5.47. The van der Waals surface area contributed by atoms with Gasteiger partial charge in [-0.15, -0.1) is 0 Å². The van der Waals surface area contributed by atoms with Crippen LogP contribution in [0.5, 0.6) is 0 Å². The van der Waals surface area contributed by atoms with E-state index in [1.165, 1.54) is 35.2 Å². The quantitative estimate of drug-likeness (QED) is 0.420. The SMILES string of the molecule is CCOC(=O)CNC(=O)N1C[C@@H](CC(C)(C)C)[C@](C#N)(c2ccc(Cl)cc2F)[C@H]1c1cccc(Cl)c1F. The summed E-state index contributed by atoms with van der Waals surface area (Å²) in [6, 6.07) is 8.55. The second-order valence-electron chi connectivity index (χ2n) is 10.2. The molecule has 1 N–H and O–H groups in total. The van der Waals surface area contributed by atoms with E-state index in [9.17, 15) is 14.9 Å². The second kappa shape index (κ2) is 11.2. The highest BCUT2D eigenvalue weighted by molar-refractivity contribution is 6.31. The zero-order valence-corrected chi connectivity index (χ0v) is 22.6. The number of esters is 1. The number of ether oxygens (including phenoxy) is 1. The van der Waals surface area contributed by atoms with Crippen molar-refractivity contribution in [1.82, 2.24) is 10.2 Å². The molecule has 2 amide bonds. The summed E-state index contributed by atoms with van der Waals surface area (Å²) >= 11 is 12.1. The molecule has 0 aliphatic carbocycles. The van der Waals surface area contributed by atoms with Crippen molar-refractivity contribution in [1.29, 1.82) is 5.26 Å². The highest BCUT2D eigenvalue weighted by Crippen LogP contribution is 2.56. The number of carbonyl (C=O) groups excluding carboxylic acids is 2. The summed E-state index contributed by atoms with van der Waals surface area (Å²) in [6.45, 7) is 7.24. The van der Waals surface area contributed by atoms with Crippen molar-refractivity contribution in [3.8, 4) is 6.07 Å². The third kappa shape index (κ3) is 5.83. The molecule has 0 bridgehead atoms. The normalized spacial score (nSPS) is 21.4. The number of rotatable bonds is 6. The van der Waals surface area contributed by atoms with Crippen molar-refractivity contribution in [3.05, 3.63) is 69.2 Å². The molecule has 0 aromatic heterocycles. The monoisotopic (exact) mass is 551 g/mol. The maximum atomic E-state index is 15.5. The highest BCUT2D eigenvalue weighted by atomic mass is 35.5. The lowest BCUT2D eigenvalue weighted by Gasteiger charge is -2.38. The third-order valence-corrected chi connectivity index (χ3v) is 6.98. The lowest BCUT2D eigenvalue weighted by Crippen LogP contribution is -2.45. The summed E-state index contributed by atoms with van der Waals surface area (Å²) < 4.78 is 36.0. The molecule has 2 aromatic rings. The lowest BCUT2D eigenvalue weighted by atomic mass is 9.63. The maximum Gasteiger partial charge on any atom is 0.325 e. The van der Waals surface area contributed by atoms with Crippen LogP contribution in [0.1, 0.15) is 51.3 Å². The Morgan fingerprint density at radius 1 is 1.24 bits per heavy atom. The van der Waals surface area contributed by atoms with Gasteiger partial charge in [0.2, 0.25) is 0 Å². The van der Waals surface area contributed by atoms with E-state index in [4.69, 9.17) is 27.9 Å². The number of likely N-dealkylation sites (tertiary alicyclic amines) is 1. The van der Waals surface area contributed by atoms with Crippen molar-refractivity contribution in [2.45, 2.75) is 45.6 Å². The number of halogens is 4. The number of nitriles is 1. The molecule has 198 valence electrons. The fourth-order valence-electron chi connectivity index (χ4n) is 5.13. The molecule has 0 radical (unpaired) electrons. The molecule has 0 unspecified atom stereocenters. The van der Waals surface area contributed by atoms with Crippen molar-refractivity contribution >= 4 is 35.2 Å². The van der Waals surface area contributed by atoms with Crippen LogP contribution in [0.25, 0.3) is 0 Å². The molecule has 3 atom stereocenters. The predicted molar refractivity (Wildman–Crippen MR) is 137 cm³/mol. The van der Waals surface area contributed by atoms with Crippen LogP contribution in [0, 0.1) is 34.3 Å². The molecule has 1 aliphatic rings. The molecule has 6 nitrogen and oxygen atoms in total. The number of carbonyl (C=O) groups is 2. The van der Waals surface area contributed by atoms with Gasteiger partial charge in [-0.05, 0) is 37.0 Å². The van der Waals surface area contributed by atoms with Gasteiger partial charge in [0.15, 0.2) is 0 Å². The molecule has 10 heteroatoms. The Morgan fingerprint density at radius 2 is 1.95 bits per heavy atom. The van der Waals surface area contributed by atoms with E-state index in [0.717, 1.165) is 6.07 Å². The van der Waals surface area contributed by atoms with Crippen LogP contribution in [0.4, 0.5) is 13.6 Å². The summed E-state index contributed by atoms with van der Waals surface area (Å²) in [5.74, 6) is -2.82. The average molecular weight is 552 g/mol. The van der Waals surface area contributed by atoms with Gasteiger partial charge in [0.1, 0.15) is 23.6 Å². The Balaban J connectivity index is 2.26. The van der Waals surface area contributed by atoms with Crippen LogP contribution in [0.15, 0.2) is 36.4 Å². The van der Waals surface area contributed by atoms with Crippen LogP contribution in [-0.4, -0.2) is 36.6 Å². The molecular weight excluding hydrogens is 523 g/mol. The molecular formula is C27H29Cl2F2N3O3. The first-order valence-corrected chi connectivity index (χ1v) is 12.6. The Labute approximate surface area is 225 Å². The molecule has 1 aliphatic heterocycles. The standard InChI is InChI=1S/C27H29Cl2F2N3O3/c1-5-37-22(35)13-33-25(36)34-14-16(12-26(2,3)4)27(15-32,19-10-9-17(28)11-21(19)30)24(34)18-7-6-8-20(29)23(18)31/h6-11,16,24H,5,12-14H2,1-4H3,(H,33,36)/t16-,24-,27-/m1/s1. The third-order valence-electron chi connectivity index (χ3n) is 6.45. The van der Waals surface area contributed by atoms with Gasteiger partial charge < -0.3 is 15.0 Å². The number of nitrogens with zero attached hydrogens (tertiary/aromatic N) is 2. The van der Waals surface area contributed by atoms with Crippen molar-refractivity contribution in [2.75, 3.05) is 19.7 Å². The van der Waals surface area contributed by atoms with E-state index in [1.54, 1.807) is 6.92 Å². The van der Waals surface area contributed by atoms with E-state index in [-0.39, 0.29) is 39.7 Å². The summed E-state index contributed by atoms with van der Waals surface area (Å²) in [7, 11) is 0. The van der Waals surface area contributed by atoms with Crippen molar-refractivity contribution in [2.24, 2.45) is 11.3 Å². The predicted octanol–water partition coefficient (Wildman–Crippen LogP) is 6.41. The lowest BCUT2D eigenvalue weighted by molar-refractivity contribution is -0.141. The highest BCUT2D eigenvalue weighted by Gasteiger charge is 2.60. The molecule has 1 fully saturated rings. The van der Waals surface area contributed by atoms with E-state index in [1.807, 2.05) is 20.8 Å². The molecule has 1 saturated heterocycles. The van der Waals surface area contributed by atoms with Gasteiger partial charge in [0.25, 0.3) is 0 Å². The Kier molecular flexibility index (Phi) is 8.71. The number of hydrogen-bond donors (Lipinski definition) is 1. The van der Waals surface area contributed by atoms with E-state index in [0.29, 0.717) is 6.42 Å². The van der Waals surface area contributed by atoms with Crippen LogP contribution < -0.4 is 5.32 Å². The largest absolute Gasteiger partial charge is 0.465 e. The summed E-state index contributed by atoms with van der Waals surface area (Å²) in [4.78, 5) is 26.6. The molecule has 3 rings (SSSR count). The minimum Gasteiger partial charge on any atom is -0.465 e. The van der Waals surface area contributed by atoms with Gasteiger partial charge in [0.05, 0.1) is 23.7 Å². The maximum absolute atomic E-state index is 15.5. The first kappa shape index (κ1) is 28.7. The summed E-state index contributed by atoms with van der Waals surface area (Å²) in [5.41, 5.74) is -2.07. The molecule has 1 heterocycles. The second-order valence-corrected chi connectivity index (χ2v) is 11.1. The number of benzene rings is 2. The van der Waals surface area contributed by atoms with Gasteiger partial charge in [0, 0.05) is 28.6 Å². The van der Waals surface area contributed by atoms with E-state index >= 15 is 8.78 Å². The van der Waals surface area contributed by atoms with Crippen LogP contribution in [0.2, 0.25) is 10.0 Å². The Hall–Kier alpha value is -2.89. The van der Waals surface area contributed by atoms with Crippen molar-refractivity contribution in [3.63, 3.8) is 0 Å². The minimum absolute atomic E-state index is 0.00119. The first-order chi connectivity index (χ1) is 17.4. The van der Waals surface area contributed by atoms with Crippen LogP contribution >= 0.6 is 23.2 Å². The van der Waals surface area contributed by atoms with E-state index < -0.39 is 47.6 Å². The molecule has 2 aromatic carbocycles. The zero-order chi connectivity index (χ0) is 27.5. The van der Waals surface area contributed by atoms with Crippen LogP contribution in [0.3, 0.4) is 0 Å². The van der Waals surface area contributed by atoms with Gasteiger partial charge in [-0.1, -0.05) is 62.2 Å². The molecule has 37 heavy (non-hydrogen) atoms. The Morgan fingerprint density at radius 3 is 2.54 bits per heavy atom. The number of nitrogens with one attached hydrogen (secondary N) is 1. The van der Waals surface area contributed by atoms with Gasteiger partial charge in [-0.2, -0.15) is 5.26 Å². The zero-order valence-electron chi connectivity index (χ0n) is 21.1. The number of amides is 2. The summed E-state index contributed by atoms with van der Waals surface area (Å²) in [6.07, 6.45) is 0.406. The number of hydrogen-bond acceptors (Lipinski definition) is 4. The molecule has 0 saturated carbocycles. The minimum atomic E-state index is -1.70. The van der Waals surface area contributed by atoms with Crippen LogP contribution in [-0.2, 0) is 14.9 Å². The average Bonchev–Trinajstić information content (AvgIpc) is 3.12. The van der Waals surface area contributed by atoms with Gasteiger partial charge >= 0.3 is 12.0 Å². The first-order valence-electron chi connectivity index (χ1n) is 11.9. The van der Waals surface area contributed by atoms with Gasteiger partial charge in [-0.3, -0.25) is 4.79 Å². The summed E-state index contributed by atoms with van der Waals surface area (Å²) in [5, 5.41) is 13.2. The Bertz CT molecular complexity index is 1230. The van der Waals surface area contributed by atoms with Gasteiger partial charge in [-0.25, -0.2) is 13.6 Å². The fraction of sp³-hybridized carbons (Fsp3) is 0.444. The topological polar surface area (TPSA) is 82.4 Å². The molecule has 0 spiro atoms. The van der Waals surface area contributed by atoms with E-state index in [2.05, 4.69) is 11.4 Å².